The fourth-order valence-electron chi connectivity index (χ4n) is 1.36. The number of ether oxygens (including phenoxy) is 1. The molecule has 0 atom stereocenters. The summed E-state index contributed by atoms with van der Waals surface area (Å²) in [6.07, 6.45) is 0. The average Bonchev–Trinajstić information content (AvgIpc) is 2.35. The van der Waals surface area contributed by atoms with Crippen molar-refractivity contribution in [2.45, 2.75) is 6.92 Å². The number of hydrogen-bond donors (Lipinski definition) is 3. The maximum Gasteiger partial charge on any atom is 0.339 e. The third kappa shape index (κ3) is 4.30. The normalized spacial score (nSPS) is 9.58. The van der Waals surface area contributed by atoms with Crippen molar-refractivity contribution in [1.82, 2.24) is 5.32 Å². The molecule has 0 aliphatic rings. The van der Waals surface area contributed by atoms with Crippen molar-refractivity contribution >= 4 is 23.5 Å². The molecule has 0 heterocycles. The molecule has 0 fully saturated rings. The summed E-state index contributed by atoms with van der Waals surface area (Å²) >= 11 is 0. The van der Waals surface area contributed by atoms with Gasteiger partial charge in [0, 0.05) is 18.7 Å². The molecule has 0 spiro atoms. The molecule has 0 saturated heterocycles. The second kappa shape index (κ2) is 6.39. The third-order valence-corrected chi connectivity index (χ3v) is 2.21. The van der Waals surface area contributed by atoms with Crippen LogP contribution in [0.25, 0.3) is 0 Å². The molecule has 0 saturated carbocycles. The van der Waals surface area contributed by atoms with E-state index in [0.29, 0.717) is 5.69 Å². The van der Waals surface area contributed by atoms with E-state index in [1.807, 2.05) is 0 Å². The fourth-order valence-corrected chi connectivity index (χ4v) is 1.36. The van der Waals surface area contributed by atoms with Crippen LogP contribution >= 0.6 is 0 Å². The van der Waals surface area contributed by atoms with E-state index in [0.717, 1.165) is 0 Å². The molecular formula is C12H14N2O5. The van der Waals surface area contributed by atoms with Crippen molar-refractivity contribution in [1.29, 1.82) is 0 Å². The van der Waals surface area contributed by atoms with E-state index in [9.17, 15) is 14.4 Å². The van der Waals surface area contributed by atoms with Gasteiger partial charge in [0.05, 0.1) is 13.7 Å². The largest absolute Gasteiger partial charge is 0.496 e. The first kappa shape index (κ1) is 14.5. The number of carboxylic acid groups (broad SMARTS) is 1. The lowest BCUT2D eigenvalue weighted by molar-refractivity contribution is -0.122. The van der Waals surface area contributed by atoms with E-state index in [4.69, 9.17) is 9.84 Å². The highest BCUT2D eigenvalue weighted by Gasteiger charge is 2.12. The van der Waals surface area contributed by atoms with E-state index in [1.54, 1.807) is 0 Å². The summed E-state index contributed by atoms with van der Waals surface area (Å²) in [5.41, 5.74) is 0.388. The van der Waals surface area contributed by atoms with Crippen LogP contribution in [0.1, 0.15) is 17.3 Å². The van der Waals surface area contributed by atoms with Gasteiger partial charge in [-0.25, -0.2) is 4.79 Å². The monoisotopic (exact) mass is 266 g/mol. The van der Waals surface area contributed by atoms with Crippen molar-refractivity contribution in [3.8, 4) is 5.75 Å². The number of carbonyl (C=O) groups excluding carboxylic acids is 2. The highest BCUT2D eigenvalue weighted by Crippen LogP contribution is 2.23. The summed E-state index contributed by atoms with van der Waals surface area (Å²) in [6, 6.07) is 4.17. The number of amides is 2. The van der Waals surface area contributed by atoms with Crippen molar-refractivity contribution in [3.05, 3.63) is 23.8 Å². The van der Waals surface area contributed by atoms with Crippen molar-refractivity contribution in [3.63, 3.8) is 0 Å². The highest BCUT2D eigenvalue weighted by atomic mass is 16.5. The number of carboxylic acids is 1. The van der Waals surface area contributed by atoms with Crippen LogP contribution < -0.4 is 15.4 Å². The van der Waals surface area contributed by atoms with Gasteiger partial charge in [0.1, 0.15) is 11.3 Å². The topological polar surface area (TPSA) is 105 Å². The molecule has 0 aliphatic carbocycles. The van der Waals surface area contributed by atoms with Crippen LogP contribution in [-0.2, 0) is 9.59 Å². The second-order valence-electron chi connectivity index (χ2n) is 3.68. The number of rotatable bonds is 5. The van der Waals surface area contributed by atoms with E-state index in [1.165, 1.54) is 32.2 Å². The lowest BCUT2D eigenvalue weighted by Gasteiger charge is -2.09. The summed E-state index contributed by atoms with van der Waals surface area (Å²) in [5, 5.41) is 13.8. The molecule has 0 unspecified atom stereocenters. The Kier molecular flexibility index (Phi) is 4.87. The van der Waals surface area contributed by atoms with E-state index in [-0.39, 0.29) is 23.8 Å². The summed E-state index contributed by atoms with van der Waals surface area (Å²) in [4.78, 5) is 33.0. The van der Waals surface area contributed by atoms with Crippen LogP contribution in [0.15, 0.2) is 18.2 Å². The van der Waals surface area contributed by atoms with Crippen LogP contribution in [0, 0.1) is 0 Å². The molecule has 1 aromatic rings. The second-order valence-corrected chi connectivity index (χ2v) is 3.68. The molecule has 3 N–H and O–H groups in total. The minimum absolute atomic E-state index is 0.00219. The Bertz CT molecular complexity index is 513. The highest BCUT2D eigenvalue weighted by molar-refractivity contribution is 5.96. The standard InChI is InChI=1S/C12H14N2O5/c1-7(15)13-6-11(16)14-8-3-4-9(12(17)18)10(5-8)19-2/h3-5H,6H2,1-2H3,(H,13,15)(H,14,16)(H,17,18). The van der Waals surface area contributed by atoms with Gasteiger partial charge >= 0.3 is 5.97 Å². The molecule has 19 heavy (non-hydrogen) atoms. The van der Waals surface area contributed by atoms with Crippen molar-refractivity contribution in [2.24, 2.45) is 0 Å². The zero-order chi connectivity index (χ0) is 14.4. The maximum atomic E-state index is 11.5. The molecule has 2 amide bonds. The molecule has 102 valence electrons. The van der Waals surface area contributed by atoms with Gasteiger partial charge in [-0.2, -0.15) is 0 Å². The van der Waals surface area contributed by atoms with E-state index in [2.05, 4.69) is 10.6 Å². The number of carbonyl (C=O) groups is 3. The maximum absolute atomic E-state index is 11.5. The Morgan fingerprint density at radius 2 is 2.00 bits per heavy atom. The Labute approximate surface area is 109 Å². The summed E-state index contributed by atoms with van der Waals surface area (Å²) in [5.74, 6) is -1.70. The molecule has 7 nitrogen and oxygen atoms in total. The van der Waals surface area contributed by atoms with Crippen molar-refractivity contribution in [2.75, 3.05) is 19.0 Å². The molecular weight excluding hydrogens is 252 g/mol. The lowest BCUT2D eigenvalue weighted by Crippen LogP contribution is -2.31. The van der Waals surface area contributed by atoms with Gasteiger partial charge in [-0.15, -0.1) is 0 Å². The fraction of sp³-hybridized carbons (Fsp3) is 0.250. The van der Waals surface area contributed by atoms with Crippen LogP contribution in [0.3, 0.4) is 0 Å². The van der Waals surface area contributed by atoms with Gasteiger partial charge in [0.25, 0.3) is 0 Å². The smallest absolute Gasteiger partial charge is 0.339 e. The van der Waals surface area contributed by atoms with Crippen LogP contribution in [0.5, 0.6) is 5.75 Å². The number of aromatic carboxylic acids is 1. The van der Waals surface area contributed by atoms with Crippen LogP contribution in [-0.4, -0.2) is 36.5 Å². The van der Waals surface area contributed by atoms with Crippen LogP contribution in [0.4, 0.5) is 5.69 Å². The number of nitrogens with one attached hydrogen (secondary N) is 2. The summed E-state index contributed by atoms with van der Waals surface area (Å²) < 4.78 is 4.93. The Morgan fingerprint density at radius 1 is 1.32 bits per heavy atom. The molecule has 1 aromatic carbocycles. The predicted molar refractivity (Wildman–Crippen MR) is 67.3 cm³/mol. The molecule has 0 radical (unpaired) electrons. The molecule has 1 rings (SSSR count). The predicted octanol–water partition coefficient (Wildman–Crippen LogP) is 0.468. The van der Waals surface area contributed by atoms with Gasteiger partial charge in [0.2, 0.25) is 11.8 Å². The van der Waals surface area contributed by atoms with E-state index >= 15 is 0 Å². The molecule has 7 heteroatoms. The average molecular weight is 266 g/mol. The number of methoxy groups -OCH3 is 1. The Balaban J connectivity index is 2.77. The van der Waals surface area contributed by atoms with Gasteiger partial charge in [-0.3, -0.25) is 9.59 Å². The van der Waals surface area contributed by atoms with E-state index < -0.39 is 11.9 Å². The van der Waals surface area contributed by atoms with Crippen molar-refractivity contribution < 1.29 is 24.2 Å². The first-order chi connectivity index (χ1) is 8.93. The van der Waals surface area contributed by atoms with Crippen LogP contribution in [0.2, 0.25) is 0 Å². The van der Waals surface area contributed by atoms with Gasteiger partial charge in [-0.05, 0) is 12.1 Å². The van der Waals surface area contributed by atoms with Gasteiger partial charge in [-0.1, -0.05) is 0 Å². The zero-order valence-corrected chi connectivity index (χ0v) is 10.5. The minimum Gasteiger partial charge on any atom is -0.496 e. The zero-order valence-electron chi connectivity index (χ0n) is 10.5. The molecule has 0 aromatic heterocycles. The van der Waals surface area contributed by atoms with Gasteiger partial charge in [0.15, 0.2) is 0 Å². The lowest BCUT2D eigenvalue weighted by atomic mass is 10.2. The molecule has 0 aliphatic heterocycles. The minimum atomic E-state index is -1.12. The summed E-state index contributed by atoms with van der Waals surface area (Å²) in [6.45, 7) is 1.15. The first-order valence-electron chi connectivity index (χ1n) is 5.39. The number of hydrogen-bond acceptors (Lipinski definition) is 4. The van der Waals surface area contributed by atoms with Gasteiger partial charge < -0.3 is 20.5 Å². The number of benzene rings is 1. The Hall–Kier alpha value is -2.57. The number of anilines is 1. The quantitative estimate of drug-likeness (QED) is 0.718. The third-order valence-electron chi connectivity index (χ3n) is 2.21. The SMILES string of the molecule is COc1cc(NC(=O)CNC(C)=O)ccc1C(=O)O. The molecule has 0 bridgehead atoms. The summed E-state index contributed by atoms with van der Waals surface area (Å²) in [7, 11) is 1.34. The first-order valence-corrected chi connectivity index (χ1v) is 5.39. The Morgan fingerprint density at radius 3 is 2.53 bits per heavy atom.